The van der Waals surface area contributed by atoms with Crippen LogP contribution >= 0.6 is 27.5 Å². The molecule has 0 aliphatic rings. The molecular weight excluding hydrogens is 426 g/mol. The van der Waals surface area contributed by atoms with E-state index in [9.17, 15) is 0 Å². The third kappa shape index (κ3) is 5.65. The summed E-state index contributed by atoms with van der Waals surface area (Å²) in [6, 6.07) is 21.7. The Bertz CT molecular complexity index is 884. The summed E-state index contributed by atoms with van der Waals surface area (Å²) in [4.78, 5) is 0. The lowest BCUT2D eigenvalue weighted by molar-refractivity contribution is 0.304. The van der Waals surface area contributed by atoms with E-state index in [2.05, 4.69) is 27.3 Å². The highest BCUT2D eigenvalue weighted by molar-refractivity contribution is 9.10. The van der Waals surface area contributed by atoms with Crippen molar-refractivity contribution in [1.82, 2.24) is 0 Å². The van der Waals surface area contributed by atoms with Crippen molar-refractivity contribution in [3.63, 3.8) is 0 Å². The van der Waals surface area contributed by atoms with E-state index < -0.39 is 0 Å². The Morgan fingerprint density at radius 1 is 0.963 bits per heavy atom. The lowest BCUT2D eigenvalue weighted by atomic mass is 10.2. The van der Waals surface area contributed by atoms with E-state index in [0.29, 0.717) is 18.2 Å². The molecule has 3 aromatic carbocycles. The van der Waals surface area contributed by atoms with Gasteiger partial charge in [0.2, 0.25) is 0 Å². The minimum atomic E-state index is 0.433. The van der Waals surface area contributed by atoms with Gasteiger partial charge in [-0.15, -0.1) is 0 Å². The fourth-order valence-corrected chi connectivity index (χ4v) is 3.31. The number of anilines is 1. The lowest BCUT2D eigenvalue weighted by Crippen LogP contribution is -2.01. The highest BCUT2D eigenvalue weighted by Crippen LogP contribution is 2.28. The van der Waals surface area contributed by atoms with Crippen molar-refractivity contribution in [2.45, 2.75) is 20.1 Å². The molecule has 3 aromatic rings. The monoisotopic (exact) mass is 445 g/mol. The zero-order chi connectivity index (χ0) is 19.1. The van der Waals surface area contributed by atoms with Crippen LogP contribution < -0.4 is 14.8 Å². The molecule has 0 atom stereocenters. The first-order chi connectivity index (χ1) is 13.2. The van der Waals surface area contributed by atoms with Crippen molar-refractivity contribution in [2.75, 3.05) is 11.9 Å². The number of nitrogens with one attached hydrogen (secondary N) is 1. The molecule has 0 radical (unpaired) electrons. The first-order valence-electron chi connectivity index (χ1n) is 8.77. The van der Waals surface area contributed by atoms with Gasteiger partial charge in [-0.25, -0.2) is 0 Å². The third-order valence-electron chi connectivity index (χ3n) is 4.00. The molecule has 0 saturated heterocycles. The number of hydrogen-bond acceptors (Lipinski definition) is 3. The van der Waals surface area contributed by atoms with E-state index in [1.165, 1.54) is 0 Å². The fourth-order valence-electron chi connectivity index (χ4n) is 2.58. The lowest BCUT2D eigenvalue weighted by Gasteiger charge is -2.12. The van der Waals surface area contributed by atoms with Gasteiger partial charge in [0.1, 0.15) is 18.1 Å². The summed E-state index contributed by atoms with van der Waals surface area (Å²) < 4.78 is 12.3. The average molecular weight is 447 g/mol. The maximum atomic E-state index is 6.17. The van der Waals surface area contributed by atoms with Crippen LogP contribution in [-0.2, 0) is 13.2 Å². The predicted molar refractivity (Wildman–Crippen MR) is 115 cm³/mol. The minimum absolute atomic E-state index is 0.433. The Balaban J connectivity index is 1.57. The summed E-state index contributed by atoms with van der Waals surface area (Å²) in [5.41, 5.74) is 3.17. The molecule has 140 valence electrons. The minimum Gasteiger partial charge on any atom is -0.494 e. The fraction of sp³-hybridized carbons (Fsp3) is 0.182. The van der Waals surface area contributed by atoms with Crippen LogP contribution in [0.4, 0.5) is 5.69 Å². The molecule has 27 heavy (non-hydrogen) atoms. The van der Waals surface area contributed by atoms with Gasteiger partial charge in [0.05, 0.1) is 11.1 Å². The van der Waals surface area contributed by atoms with Gasteiger partial charge in [-0.1, -0.05) is 35.9 Å². The summed E-state index contributed by atoms with van der Waals surface area (Å²) in [6.07, 6.45) is 0. The van der Waals surface area contributed by atoms with Crippen LogP contribution in [0, 0.1) is 0 Å². The smallest absolute Gasteiger partial charge is 0.134 e. The third-order valence-corrected chi connectivity index (χ3v) is 4.99. The molecule has 0 unspecified atom stereocenters. The molecule has 0 amide bonds. The maximum Gasteiger partial charge on any atom is 0.134 e. The van der Waals surface area contributed by atoms with Crippen molar-refractivity contribution >= 4 is 33.2 Å². The van der Waals surface area contributed by atoms with Gasteiger partial charge in [-0.05, 0) is 70.9 Å². The second kappa shape index (κ2) is 9.67. The van der Waals surface area contributed by atoms with E-state index in [1.807, 2.05) is 67.6 Å². The highest BCUT2D eigenvalue weighted by Gasteiger charge is 2.05. The van der Waals surface area contributed by atoms with Gasteiger partial charge in [0, 0.05) is 22.8 Å². The second-order valence-corrected chi connectivity index (χ2v) is 7.22. The molecule has 0 aromatic heterocycles. The van der Waals surface area contributed by atoms with Crippen LogP contribution in [0.15, 0.2) is 71.2 Å². The molecule has 3 rings (SSSR count). The van der Waals surface area contributed by atoms with Crippen molar-refractivity contribution in [1.29, 1.82) is 0 Å². The normalized spacial score (nSPS) is 10.5. The zero-order valence-corrected chi connectivity index (χ0v) is 17.4. The van der Waals surface area contributed by atoms with Crippen LogP contribution in [0.3, 0.4) is 0 Å². The molecule has 3 nitrogen and oxygen atoms in total. The Labute approximate surface area is 173 Å². The first-order valence-corrected chi connectivity index (χ1v) is 9.94. The van der Waals surface area contributed by atoms with Crippen LogP contribution in [-0.4, -0.2) is 6.61 Å². The molecule has 0 bridgehead atoms. The number of hydrogen-bond donors (Lipinski definition) is 1. The van der Waals surface area contributed by atoms with Gasteiger partial charge in [0.25, 0.3) is 0 Å². The standard InChI is InChI=1S/C22H21BrClNO2/c1-2-26-19-10-8-18(9-11-19)25-14-16-7-12-22(20(23)13-16)27-15-17-5-3-4-6-21(17)24/h3-13,25H,2,14-15H2,1H3. The molecule has 0 saturated carbocycles. The van der Waals surface area contributed by atoms with Crippen LogP contribution in [0.5, 0.6) is 11.5 Å². The second-order valence-electron chi connectivity index (χ2n) is 5.96. The zero-order valence-electron chi connectivity index (χ0n) is 15.0. The van der Waals surface area contributed by atoms with Gasteiger partial charge < -0.3 is 14.8 Å². The summed E-state index contributed by atoms with van der Waals surface area (Å²) >= 11 is 9.76. The van der Waals surface area contributed by atoms with E-state index in [0.717, 1.165) is 39.3 Å². The number of ether oxygens (including phenoxy) is 2. The van der Waals surface area contributed by atoms with Crippen LogP contribution in [0.25, 0.3) is 0 Å². The predicted octanol–water partition coefficient (Wildman–Crippen LogP) is 6.69. The maximum absolute atomic E-state index is 6.17. The largest absolute Gasteiger partial charge is 0.494 e. The molecular formula is C22H21BrClNO2. The topological polar surface area (TPSA) is 30.5 Å². The Morgan fingerprint density at radius 2 is 1.74 bits per heavy atom. The molecule has 0 fully saturated rings. The van der Waals surface area contributed by atoms with Crippen LogP contribution in [0.2, 0.25) is 5.02 Å². The Hall–Kier alpha value is -2.17. The molecule has 1 N–H and O–H groups in total. The first kappa shape index (κ1) is 19.6. The molecule has 5 heteroatoms. The van der Waals surface area contributed by atoms with Gasteiger partial charge >= 0.3 is 0 Å². The van der Waals surface area contributed by atoms with Gasteiger partial charge in [-0.3, -0.25) is 0 Å². The summed E-state index contributed by atoms with van der Waals surface area (Å²) in [6.45, 7) is 3.80. The average Bonchev–Trinajstić information content (AvgIpc) is 2.68. The van der Waals surface area contributed by atoms with Gasteiger partial charge in [-0.2, -0.15) is 0 Å². The number of halogens is 2. The summed E-state index contributed by atoms with van der Waals surface area (Å²) in [5.74, 6) is 1.67. The SMILES string of the molecule is CCOc1ccc(NCc2ccc(OCc3ccccc3Cl)c(Br)c2)cc1. The number of rotatable bonds is 8. The Morgan fingerprint density at radius 3 is 2.44 bits per heavy atom. The highest BCUT2D eigenvalue weighted by atomic mass is 79.9. The van der Waals surface area contributed by atoms with E-state index in [-0.39, 0.29) is 0 Å². The Kier molecular flexibility index (Phi) is 7.02. The molecule has 0 spiro atoms. The van der Waals surface area contributed by atoms with Crippen molar-refractivity contribution in [2.24, 2.45) is 0 Å². The molecule has 0 aliphatic carbocycles. The van der Waals surface area contributed by atoms with Crippen molar-refractivity contribution < 1.29 is 9.47 Å². The molecule has 0 aliphatic heterocycles. The van der Waals surface area contributed by atoms with Crippen molar-refractivity contribution in [3.05, 3.63) is 87.4 Å². The van der Waals surface area contributed by atoms with Crippen LogP contribution in [0.1, 0.15) is 18.1 Å². The number of benzene rings is 3. The molecule has 0 heterocycles. The quantitative estimate of drug-likeness (QED) is 0.418. The van der Waals surface area contributed by atoms with Crippen molar-refractivity contribution in [3.8, 4) is 11.5 Å². The summed E-state index contributed by atoms with van der Waals surface area (Å²) in [5, 5.41) is 4.12. The van der Waals surface area contributed by atoms with E-state index in [4.69, 9.17) is 21.1 Å². The van der Waals surface area contributed by atoms with Gasteiger partial charge in [0.15, 0.2) is 0 Å². The summed E-state index contributed by atoms with van der Waals surface area (Å²) in [7, 11) is 0. The van der Waals surface area contributed by atoms with E-state index >= 15 is 0 Å². The van der Waals surface area contributed by atoms with E-state index in [1.54, 1.807) is 0 Å².